The second-order valence-corrected chi connectivity index (χ2v) is 6.22. The Balaban J connectivity index is 1.53. The number of fused-ring (bicyclic) bond motifs is 1. The van der Waals surface area contributed by atoms with Crippen molar-refractivity contribution in [2.24, 2.45) is 0 Å². The fourth-order valence-corrected chi connectivity index (χ4v) is 3.42. The average molecular weight is 295 g/mol. The first-order chi connectivity index (χ1) is 10.8. The van der Waals surface area contributed by atoms with E-state index >= 15 is 0 Å². The van der Waals surface area contributed by atoms with Crippen LogP contribution in [0.4, 0.5) is 0 Å². The molecule has 2 heterocycles. The molecule has 2 aromatic rings. The van der Waals surface area contributed by atoms with Crippen LogP contribution in [-0.2, 0) is 13.0 Å². The molecule has 4 rings (SSSR count). The molecule has 3 heteroatoms. The highest BCUT2D eigenvalue weighted by atomic mass is 16.5. The number of nitrogens with one attached hydrogen (secondary N) is 1. The lowest BCUT2D eigenvalue weighted by Crippen LogP contribution is -2.41. The molecule has 0 bridgehead atoms. The summed E-state index contributed by atoms with van der Waals surface area (Å²) in [5.41, 5.74) is 2.41. The van der Waals surface area contributed by atoms with Gasteiger partial charge < -0.3 is 14.8 Å². The van der Waals surface area contributed by atoms with Gasteiger partial charge >= 0.3 is 0 Å². The lowest BCUT2D eigenvalue weighted by molar-refractivity contribution is 0.0651. The predicted molar refractivity (Wildman–Crippen MR) is 86.4 cm³/mol. The summed E-state index contributed by atoms with van der Waals surface area (Å²) in [6.07, 6.45) is 3.20. The van der Waals surface area contributed by atoms with Crippen LogP contribution in [0.25, 0.3) is 0 Å². The van der Waals surface area contributed by atoms with Crippen LogP contribution in [0.2, 0.25) is 0 Å². The van der Waals surface area contributed by atoms with Gasteiger partial charge in [-0.1, -0.05) is 36.4 Å². The zero-order chi connectivity index (χ0) is 14.8. The van der Waals surface area contributed by atoms with Crippen LogP contribution in [0, 0.1) is 0 Å². The van der Waals surface area contributed by atoms with Crippen LogP contribution in [0.3, 0.4) is 0 Å². The molecular weight excluding hydrogens is 274 g/mol. The molecule has 0 saturated carbocycles. The zero-order valence-electron chi connectivity index (χ0n) is 12.7. The number of rotatable bonds is 3. The number of hydrogen-bond acceptors (Lipinski definition) is 3. The quantitative estimate of drug-likeness (QED) is 0.942. The molecule has 2 aliphatic rings. The van der Waals surface area contributed by atoms with Gasteiger partial charge in [0.15, 0.2) is 0 Å². The molecule has 1 N–H and O–H groups in total. The van der Waals surface area contributed by atoms with Crippen LogP contribution >= 0.6 is 0 Å². The molecule has 1 saturated heterocycles. The second-order valence-electron chi connectivity index (χ2n) is 6.22. The Kier molecular flexibility index (Phi) is 3.51. The number of hydrogen-bond donors (Lipinski definition) is 1. The van der Waals surface area contributed by atoms with Gasteiger partial charge in [-0.05, 0) is 37.1 Å². The summed E-state index contributed by atoms with van der Waals surface area (Å²) in [4.78, 5) is 0. The smallest absolute Gasteiger partial charge is 0.127 e. The van der Waals surface area contributed by atoms with Crippen molar-refractivity contribution in [3.05, 3.63) is 59.7 Å². The molecule has 0 radical (unpaired) electrons. The summed E-state index contributed by atoms with van der Waals surface area (Å²) in [6.45, 7) is 2.62. The molecule has 0 unspecified atom stereocenters. The molecule has 114 valence electrons. The summed E-state index contributed by atoms with van der Waals surface area (Å²) < 4.78 is 12.4. The molecule has 1 spiro atoms. The molecule has 22 heavy (non-hydrogen) atoms. The SMILES string of the molecule is c1ccc(COc2cccc3c2CC[C@@]2(CCNC2)O3)cc1. The molecule has 1 atom stereocenters. The normalized spacial score (nSPS) is 23.1. The van der Waals surface area contributed by atoms with Crippen molar-refractivity contribution >= 4 is 0 Å². The summed E-state index contributed by atoms with van der Waals surface area (Å²) in [6, 6.07) is 16.4. The Morgan fingerprint density at radius 3 is 2.77 bits per heavy atom. The molecule has 1 fully saturated rings. The van der Waals surface area contributed by atoms with Gasteiger partial charge in [-0.3, -0.25) is 0 Å². The fourth-order valence-electron chi connectivity index (χ4n) is 3.42. The maximum absolute atomic E-state index is 6.33. The van der Waals surface area contributed by atoms with Crippen LogP contribution in [0.1, 0.15) is 24.0 Å². The van der Waals surface area contributed by atoms with Crippen molar-refractivity contribution in [3.8, 4) is 11.5 Å². The van der Waals surface area contributed by atoms with Gasteiger partial charge in [0.1, 0.15) is 23.7 Å². The van der Waals surface area contributed by atoms with Gasteiger partial charge in [0.05, 0.1) is 0 Å². The monoisotopic (exact) mass is 295 g/mol. The topological polar surface area (TPSA) is 30.5 Å². The predicted octanol–water partition coefficient (Wildman–Crippen LogP) is 3.32. The van der Waals surface area contributed by atoms with E-state index in [4.69, 9.17) is 9.47 Å². The van der Waals surface area contributed by atoms with Gasteiger partial charge in [-0.2, -0.15) is 0 Å². The van der Waals surface area contributed by atoms with Gasteiger partial charge in [0.2, 0.25) is 0 Å². The first kappa shape index (κ1) is 13.6. The van der Waals surface area contributed by atoms with Crippen LogP contribution in [0.5, 0.6) is 11.5 Å². The molecule has 2 aliphatic heterocycles. The van der Waals surface area contributed by atoms with Gasteiger partial charge in [0, 0.05) is 18.5 Å². The van der Waals surface area contributed by atoms with Gasteiger partial charge in [-0.25, -0.2) is 0 Å². The Labute approximate surface area is 131 Å². The molecule has 0 aromatic heterocycles. The third-order valence-electron chi connectivity index (χ3n) is 4.69. The van der Waals surface area contributed by atoms with Gasteiger partial charge in [0.25, 0.3) is 0 Å². The Morgan fingerprint density at radius 1 is 1.05 bits per heavy atom. The van der Waals surface area contributed by atoms with Crippen LogP contribution < -0.4 is 14.8 Å². The first-order valence-electron chi connectivity index (χ1n) is 8.03. The summed E-state index contributed by atoms with van der Waals surface area (Å²) in [5.74, 6) is 1.96. The molecule has 0 aliphatic carbocycles. The lowest BCUT2D eigenvalue weighted by Gasteiger charge is -2.35. The van der Waals surface area contributed by atoms with Crippen molar-refractivity contribution in [2.75, 3.05) is 13.1 Å². The standard InChI is InChI=1S/C19H21NO2/c1-2-5-15(6-3-1)13-21-17-7-4-8-18-16(17)9-10-19(22-18)11-12-20-14-19/h1-8,20H,9-14H2/t19-/m0/s1. The molecule has 0 amide bonds. The summed E-state index contributed by atoms with van der Waals surface area (Å²) in [5, 5.41) is 3.42. The van der Waals surface area contributed by atoms with Crippen molar-refractivity contribution in [2.45, 2.75) is 31.5 Å². The fraction of sp³-hybridized carbons (Fsp3) is 0.368. The minimum absolute atomic E-state index is 0.00501. The average Bonchev–Trinajstić information content (AvgIpc) is 3.01. The third-order valence-corrected chi connectivity index (χ3v) is 4.69. The van der Waals surface area contributed by atoms with Crippen molar-refractivity contribution < 1.29 is 9.47 Å². The van der Waals surface area contributed by atoms with E-state index in [1.165, 1.54) is 11.1 Å². The van der Waals surface area contributed by atoms with E-state index < -0.39 is 0 Å². The minimum Gasteiger partial charge on any atom is -0.488 e. The lowest BCUT2D eigenvalue weighted by atomic mass is 9.90. The van der Waals surface area contributed by atoms with E-state index in [2.05, 4.69) is 29.6 Å². The van der Waals surface area contributed by atoms with E-state index in [1.54, 1.807) is 0 Å². The highest BCUT2D eigenvalue weighted by molar-refractivity contribution is 5.47. The summed E-state index contributed by atoms with van der Waals surface area (Å²) in [7, 11) is 0. The zero-order valence-corrected chi connectivity index (χ0v) is 12.7. The number of ether oxygens (including phenoxy) is 2. The van der Waals surface area contributed by atoms with Crippen LogP contribution in [-0.4, -0.2) is 18.7 Å². The molecule has 2 aromatic carbocycles. The third kappa shape index (κ3) is 2.57. The van der Waals surface area contributed by atoms with Crippen LogP contribution in [0.15, 0.2) is 48.5 Å². The van der Waals surface area contributed by atoms with E-state index in [1.807, 2.05) is 24.3 Å². The van der Waals surface area contributed by atoms with Crippen molar-refractivity contribution in [1.82, 2.24) is 5.32 Å². The Morgan fingerprint density at radius 2 is 1.95 bits per heavy atom. The van der Waals surface area contributed by atoms with E-state index in [0.717, 1.165) is 43.9 Å². The first-order valence-corrected chi connectivity index (χ1v) is 8.03. The van der Waals surface area contributed by atoms with Crippen molar-refractivity contribution in [1.29, 1.82) is 0 Å². The maximum atomic E-state index is 6.33. The second kappa shape index (κ2) is 5.65. The largest absolute Gasteiger partial charge is 0.488 e. The highest BCUT2D eigenvalue weighted by Crippen LogP contribution is 2.40. The molecule has 3 nitrogen and oxygen atoms in total. The summed E-state index contributed by atoms with van der Waals surface area (Å²) >= 11 is 0. The van der Waals surface area contributed by atoms with E-state index in [0.29, 0.717) is 6.61 Å². The number of benzene rings is 2. The van der Waals surface area contributed by atoms with E-state index in [9.17, 15) is 0 Å². The molecular formula is C19H21NO2. The van der Waals surface area contributed by atoms with Gasteiger partial charge in [-0.15, -0.1) is 0 Å². The Bertz CT molecular complexity index is 648. The highest BCUT2D eigenvalue weighted by Gasteiger charge is 2.39. The maximum Gasteiger partial charge on any atom is 0.127 e. The van der Waals surface area contributed by atoms with Crippen molar-refractivity contribution in [3.63, 3.8) is 0 Å². The van der Waals surface area contributed by atoms with E-state index in [-0.39, 0.29) is 5.60 Å². The Hall–Kier alpha value is -2.00. The minimum atomic E-state index is 0.00501.